The molecule has 2 heterocycles. The Labute approximate surface area is 98.5 Å². The van der Waals surface area contributed by atoms with Crippen LogP contribution in [0.1, 0.15) is 11.4 Å². The van der Waals surface area contributed by atoms with Crippen molar-refractivity contribution in [2.75, 3.05) is 0 Å². The minimum absolute atomic E-state index is 0.0549. The third kappa shape index (κ3) is 2.36. The first-order chi connectivity index (χ1) is 7.88. The summed E-state index contributed by atoms with van der Waals surface area (Å²) in [5.41, 5.74) is -0.414. The maximum atomic E-state index is 12.4. The number of nitrogens with zero attached hydrogens (tertiary/aromatic N) is 2. The van der Waals surface area contributed by atoms with E-state index in [1.807, 2.05) is 0 Å². The first-order valence-electron chi connectivity index (χ1n) is 4.48. The van der Waals surface area contributed by atoms with Crippen LogP contribution in [0.15, 0.2) is 16.5 Å². The van der Waals surface area contributed by atoms with E-state index >= 15 is 0 Å². The summed E-state index contributed by atoms with van der Waals surface area (Å²) in [6.45, 7) is 1.44. The van der Waals surface area contributed by atoms with Crippen molar-refractivity contribution >= 4 is 12.2 Å². The van der Waals surface area contributed by atoms with Gasteiger partial charge < -0.3 is 4.42 Å². The van der Waals surface area contributed by atoms with Gasteiger partial charge in [0.25, 0.3) is 4.84 Å². The normalized spacial score (nSPS) is 11.8. The summed E-state index contributed by atoms with van der Waals surface area (Å²) in [6, 6.07) is 2.12. The van der Waals surface area contributed by atoms with Crippen molar-refractivity contribution in [2.45, 2.75) is 13.1 Å². The molecule has 2 aromatic rings. The average molecular weight is 261 g/mol. The third-order valence-electron chi connectivity index (χ3n) is 2.04. The number of rotatable bonds is 1. The van der Waals surface area contributed by atoms with Crippen LogP contribution < -0.4 is 0 Å². The highest BCUT2D eigenvalue weighted by Gasteiger charge is 2.32. The molecular formula is C9H6F3N3OS. The molecule has 17 heavy (non-hydrogen) atoms. The van der Waals surface area contributed by atoms with Gasteiger partial charge in [0, 0.05) is 0 Å². The molecular weight excluding hydrogens is 255 g/mol. The van der Waals surface area contributed by atoms with Crippen molar-refractivity contribution in [2.24, 2.45) is 0 Å². The molecule has 1 N–H and O–H groups in total. The number of alkyl halides is 3. The van der Waals surface area contributed by atoms with Crippen molar-refractivity contribution in [3.05, 3.63) is 28.4 Å². The standard InChI is InChI=1S/C9H6F3N3OS/c1-4-5(7-14-15-8(17)16-7)2-3-6(13-4)9(10,11)12/h2-3H,1H3,(H,15,17). The van der Waals surface area contributed by atoms with Gasteiger partial charge in [0.05, 0.1) is 11.3 Å². The second-order valence-electron chi connectivity index (χ2n) is 3.25. The molecule has 0 amide bonds. The predicted octanol–water partition coefficient (Wildman–Crippen LogP) is 3.12. The van der Waals surface area contributed by atoms with Gasteiger partial charge in [-0.3, -0.25) is 0 Å². The third-order valence-corrected chi connectivity index (χ3v) is 2.22. The van der Waals surface area contributed by atoms with Gasteiger partial charge in [-0.05, 0) is 31.3 Å². The van der Waals surface area contributed by atoms with Crippen LogP contribution >= 0.6 is 12.2 Å². The molecule has 0 fully saturated rings. The molecule has 8 heteroatoms. The first-order valence-corrected chi connectivity index (χ1v) is 4.89. The lowest BCUT2D eigenvalue weighted by atomic mass is 10.2. The predicted molar refractivity (Wildman–Crippen MR) is 54.7 cm³/mol. The lowest BCUT2D eigenvalue weighted by Crippen LogP contribution is -2.08. The van der Waals surface area contributed by atoms with Gasteiger partial charge >= 0.3 is 6.18 Å². The molecule has 0 aromatic carbocycles. The first kappa shape index (κ1) is 11.8. The Hall–Kier alpha value is -1.70. The second kappa shape index (κ2) is 3.95. The summed E-state index contributed by atoms with van der Waals surface area (Å²) in [7, 11) is 0. The maximum Gasteiger partial charge on any atom is 0.433 e. The van der Waals surface area contributed by atoms with Gasteiger partial charge in [0.2, 0.25) is 5.89 Å². The molecule has 2 aromatic heterocycles. The van der Waals surface area contributed by atoms with Crippen LogP contribution in [0.2, 0.25) is 0 Å². The number of hydrogen-bond acceptors (Lipinski definition) is 4. The molecule has 0 aliphatic carbocycles. The van der Waals surface area contributed by atoms with Crippen molar-refractivity contribution in [3.8, 4) is 11.5 Å². The average Bonchev–Trinajstić information content (AvgIpc) is 2.63. The Kier molecular flexibility index (Phi) is 2.74. The van der Waals surface area contributed by atoms with Crippen molar-refractivity contribution in [1.29, 1.82) is 0 Å². The van der Waals surface area contributed by atoms with E-state index in [1.54, 1.807) is 0 Å². The molecule has 0 unspecified atom stereocenters. The monoisotopic (exact) mass is 261 g/mol. The molecule has 0 saturated carbocycles. The van der Waals surface area contributed by atoms with Gasteiger partial charge in [-0.25, -0.2) is 10.1 Å². The smallest absolute Gasteiger partial charge is 0.409 e. The van der Waals surface area contributed by atoms with Crippen LogP contribution in [0.4, 0.5) is 13.2 Å². The maximum absolute atomic E-state index is 12.4. The van der Waals surface area contributed by atoms with E-state index in [9.17, 15) is 13.2 Å². The van der Waals surface area contributed by atoms with E-state index in [0.717, 1.165) is 6.07 Å². The number of pyridine rings is 1. The molecule has 0 aliphatic heterocycles. The van der Waals surface area contributed by atoms with Crippen LogP contribution in [-0.4, -0.2) is 15.2 Å². The SMILES string of the molecule is Cc1nc(C(F)(F)F)ccc1-c1n[nH]c(=S)o1. The second-order valence-corrected chi connectivity index (χ2v) is 3.62. The zero-order valence-corrected chi connectivity index (χ0v) is 9.32. The summed E-state index contributed by atoms with van der Waals surface area (Å²) < 4.78 is 42.1. The van der Waals surface area contributed by atoms with Crippen LogP contribution in [0.3, 0.4) is 0 Å². The number of nitrogens with one attached hydrogen (secondary N) is 1. The molecule has 0 radical (unpaired) electrons. The van der Waals surface area contributed by atoms with E-state index in [0.29, 0.717) is 5.56 Å². The number of halogens is 3. The molecule has 90 valence electrons. The minimum atomic E-state index is -4.46. The van der Waals surface area contributed by atoms with E-state index in [2.05, 4.69) is 27.4 Å². The van der Waals surface area contributed by atoms with Gasteiger partial charge in [-0.15, -0.1) is 5.10 Å². The van der Waals surface area contributed by atoms with Crippen molar-refractivity contribution in [1.82, 2.24) is 15.2 Å². The highest BCUT2D eigenvalue weighted by Crippen LogP contribution is 2.30. The van der Waals surface area contributed by atoms with E-state index in [-0.39, 0.29) is 16.4 Å². The summed E-state index contributed by atoms with van der Waals surface area (Å²) in [6.07, 6.45) is -4.46. The molecule has 0 bridgehead atoms. The Bertz CT molecular complexity index is 602. The minimum Gasteiger partial charge on any atom is -0.409 e. The Morgan fingerprint density at radius 2 is 2.06 bits per heavy atom. The van der Waals surface area contributed by atoms with Gasteiger partial charge in [-0.2, -0.15) is 13.2 Å². The Morgan fingerprint density at radius 3 is 2.53 bits per heavy atom. The fourth-order valence-electron chi connectivity index (χ4n) is 1.29. The molecule has 0 atom stereocenters. The van der Waals surface area contributed by atoms with E-state index in [4.69, 9.17) is 4.42 Å². The fourth-order valence-corrected chi connectivity index (χ4v) is 1.41. The number of aryl methyl sites for hydroxylation is 1. The number of H-pyrrole nitrogens is 1. The van der Waals surface area contributed by atoms with Gasteiger partial charge in [0.15, 0.2) is 0 Å². The molecule has 0 spiro atoms. The van der Waals surface area contributed by atoms with Crippen LogP contribution in [0.25, 0.3) is 11.5 Å². The lowest BCUT2D eigenvalue weighted by Gasteiger charge is -2.07. The van der Waals surface area contributed by atoms with E-state index in [1.165, 1.54) is 13.0 Å². The highest BCUT2D eigenvalue weighted by molar-refractivity contribution is 7.71. The molecule has 4 nitrogen and oxygen atoms in total. The molecule has 0 saturated heterocycles. The van der Waals surface area contributed by atoms with Crippen LogP contribution in [0.5, 0.6) is 0 Å². The Morgan fingerprint density at radius 1 is 1.35 bits per heavy atom. The summed E-state index contributed by atoms with van der Waals surface area (Å²) in [5, 5.41) is 6.11. The molecule has 0 aliphatic rings. The summed E-state index contributed by atoms with van der Waals surface area (Å²) in [5.74, 6) is 0.119. The van der Waals surface area contributed by atoms with Crippen LogP contribution in [-0.2, 0) is 6.18 Å². The van der Waals surface area contributed by atoms with Crippen LogP contribution in [0, 0.1) is 11.8 Å². The zero-order chi connectivity index (χ0) is 12.6. The molecule has 2 rings (SSSR count). The summed E-state index contributed by atoms with van der Waals surface area (Å²) in [4.78, 5) is 3.51. The zero-order valence-electron chi connectivity index (χ0n) is 8.50. The summed E-state index contributed by atoms with van der Waals surface area (Å²) >= 11 is 4.68. The fraction of sp³-hybridized carbons (Fsp3) is 0.222. The van der Waals surface area contributed by atoms with Crippen molar-refractivity contribution in [3.63, 3.8) is 0 Å². The highest BCUT2D eigenvalue weighted by atomic mass is 32.1. The lowest BCUT2D eigenvalue weighted by molar-refractivity contribution is -0.141. The largest absolute Gasteiger partial charge is 0.433 e. The number of aromatic amines is 1. The number of aromatic nitrogens is 3. The van der Waals surface area contributed by atoms with E-state index < -0.39 is 11.9 Å². The van der Waals surface area contributed by atoms with Gasteiger partial charge in [-0.1, -0.05) is 0 Å². The quantitative estimate of drug-likeness (QED) is 0.801. The number of hydrogen-bond donors (Lipinski definition) is 1. The topological polar surface area (TPSA) is 54.7 Å². The van der Waals surface area contributed by atoms with Gasteiger partial charge in [0.1, 0.15) is 5.69 Å². The Balaban J connectivity index is 2.49. The van der Waals surface area contributed by atoms with Crippen molar-refractivity contribution < 1.29 is 17.6 Å².